The fraction of sp³-hybridized carbons (Fsp3) is 0.172. The molecule has 0 spiro atoms. The monoisotopic (exact) mass is 574 g/mol. The highest BCUT2D eigenvalue weighted by Gasteiger charge is 2.53. The van der Waals surface area contributed by atoms with Crippen LogP contribution in [0, 0.1) is 0 Å². The number of hydrogen-bond donors (Lipinski definition) is 1. The number of esters is 1. The highest BCUT2D eigenvalue weighted by Crippen LogP contribution is 2.34. The summed E-state index contributed by atoms with van der Waals surface area (Å²) in [6, 6.07) is 17.2. The summed E-state index contributed by atoms with van der Waals surface area (Å²) in [6.45, 7) is 2.77. The lowest BCUT2D eigenvalue weighted by atomic mass is 10.1. The van der Waals surface area contributed by atoms with E-state index >= 15 is 0 Å². The van der Waals surface area contributed by atoms with E-state index < -0.39 is 41.1 Å². The lowest BCUT2D eigenvalue weighted by Crippen LogP contribution is -2.45. The first-order valence-electron chi connectivity index (χ1n) is 12.4. The minimum absolute atomic E-state index is 0.00163. The molecule has 2 heterocycles. The molecule has 0 bridgehead atoms. The van der Waals surface area contributed by atoms with Crippen molar-refractivity contribution in [2.75, 3.05) is 12.4 Å². The third-order valence-electron chi connectivity index (χ3n) is 6.49. The molecule has 11 nitrogen and oxygen atoms in total. The topological polar surface area (TPSA) is 137 Å². The van der Waals surface area contributed by atoms with Gasteiger partial charge in [0.15, 0.2) is 11.6 Å². The van der Waals surface area contributed by atoms with Gasteiger partial charge >= 0.3 is 12.1 Å². The number of aromatic nitrogens is 2. The van der Waals surface area contributed by atoms with Crippen molar-refractivity contribution in [3.8, 4) is 5.69 Å². The van der Waals surface area contributed by atoms with E-state index in [1.54, 1.807) is 54.6 Å². The molecule has 12 heteroatoms. The number of cyclic esters (lactones) is 1. The summed E-state index contributed by atoms with van der Waals surface area (Å²) >= 11 is 6.32. The standard InChI is InChI=1S/C29H23ClN4O7/c1-29(2)27(38)34(28(39)41-29)22(24(35)32-21-15-16(26(37)40-3)13-14-19(21)30)23-31-20-12-8-7-11-18(20)25(36)33(23)17-9-5-4-6-10-17/h4-15,22H,1-3H3,(H,32,35). The Labute approximate surface area is 238 Å². The molecule has 1 unspecified atom stereocenters. The number of carbonyl (C=O) groups is 4. The van der Waals surface area contributed by atoms with Crippen LogP contribution in [0.5, 0.6) is 0 Å². The zero-order valence-electron chi connectivity index (χ0n) is 22.1. The van der Waals surface area contributed by atoms with Crippen molar-refractivity contribution in [3.63, 3.8) is 0 Å². The number of hydrogen-bond acceptors (Lipinski definition) is 8. The summed E-state index contributed by atoms with van der Waals surface area (Å²) in [5, 5.41) is 2.90. The number of fused-ring (bicyclic) bond motifs is 1. The molecule has 0 radical (unpaired) electrons. The number of ether oxygens (including phenoxy) is 2. The summed E-state index contributed by atoms with van der Waals surface area (Å²) in [7, 11) is 1.20. The van der Waals surface area contributed by atoms with E-state index in [1.807, 2.05) is 0 Å². The summed E-state index contributed by atoms with van der Waals surface area (Å²) in [4.78, 5) is 71.9. The molecule has 1 aliphatic heterocycles. The smallest absolute Gasteiger partial charge is 0.418 e. The minimum Gasteiger partial charge on any atom is -0.465 e. The van der Waals surface area contributed by atoms with Gasteiger partial charge in [0.2, 0.25) is 0 Å². The molecule has 0 saturated carbocycles. The normalized spacial score (nSPS) is 15.0. The van der Waals surface area contributed by atoms with Gasteiger partial charge < -0.3 is 14.8 Å². The predicted octanol–water partition coefficient (Wildman–Crippen LogP) is 4.26. The Balaban J connectivity index is 1.75. The van der Waals surface area contributed by atoms with Crippen molar-refractivity contribution >= 4 is 52.1 Å². The molecule has 1 N–H and O–H groups in total. The second kappa shape index (κ2) is 10.5. The zero-order valence-corrected chi connectivity index (χ0v) is 22.8. The number of methoxy groups -OCH3 is 1. The van der Waals surface area contributed by atoms with Crippen LogP contribution in [0.25, 0.3) is 16.6 Å². The molecule has 1 atom stereocenters. The predicted molar refractivity (Wildman–Crippen MR) is 149 cm³/mol. The van der Waals surface area contributed by atoms with Crippen molar-refractivity contribution in [3.05, 3.63) is 99.6 Å². The van der Waals surface area contributed by atoms with Crippen molar-refractivity contribution in [2.24, 2.45) is 0 Å². The number of para-hydroxylation sites is 2. The van der Waals surface area contributed by atoms with Crippen molar-refractivity contribution < 1.29 is 28.7 Å². The summed E-state index contributed by atoms with van der Waals surface area (Å²) < 4.78 is 11.2. The highest BCUT2D eigenvalue weighted by atomic mass is 35.5. The quantitative estimate of drug-likeness (QED) is 0.337. The first-order chi connectivity index (χ1) is 19.5. The third-order valence-corrected chi connectivity index (χ3v) is 6.82. The molecular formula is C29H23ClN4O7. The Morgan fingerprint density at radius 2 is 1.68 bits per heavy atom. The number of halogens is 1. The van der Waals surface area contributed by atoms with Crippen LogP contribution in [0.15, 0.2) is 77.6 Å². The fourth-order valence-electron chi connectivity index (χ4n) is 4.48. The number of amides is 3. The van der Waals surface area contributed by atoms with Crippen molar-refractivity contribution in [1.29, 1.82) is 0 Å². The lowest BCUT2D eigenvalue weighted by Gasteiger charge is -2.26. The maximum atomic E-state index is 14.1. The maximum absolute atomic E-state index is 14.1. The number of nitrogens with zero attached hydrogens (tertiary/aromatic N) is 3. The second-order valence-electron chi connectivity index (χ2n) is 9.59. The Morgan fingerprint density at radius 1 is 1.00 bits per heavy atom. The van der Waals surface area contributed by atoms with E-state index in [2.05, 4.69) is 10.3 Å². The van der Waals surface area contributed by atoms with Gasteiger partial charge in [-0.25, -0.2) is 19.5 Å². The van der Waals surface area contributed by atoms with Crippen LogP contribution < -0.4 is 10.9 Å². The van der Waals surface area contributed by atoms with Crippen LogP contribution in [0.4, 0.5) is 10.5 Å². The van der Waals surface area contributed by atoms with Crippen molar-refractivity contribution in [1.82, 2.24) is 14.5 Å². The van der Waals surface area contributed by atoms with Gasteiger partial charge in [-0.05, 0) is 56.3 Å². The molecule has 41 heavy (non-hydrogen) atoms. The molecule has 3 amide bonds. The first-order valence-corrected chi connectivity index (χ1v) is 12.7. The summed E-state index contributed by atoms with van der Waals surface area (Å²) in [5.74, 6) is -2.66. The first kappa shape index (κ1) is 27.5. The fourth-order valence-corrected chi connectivity index (χ4v) is 4.65. The number of nitrogens with one attached hydrogen (secondary N) is 1. The number of imide groups is 1. The van der Waals surface area contributed by atoms with Gasteiger partial charge in [0, 0.05) is 0 Å². The Bertz CT molecular complexity index is 1790. The van der Waals surface area contributed by atoms with Crippen LogP contribution in [0.1, 0.15) is 36.1 Å². The van der Waals surface area contributed by atoms with Gasteiger partial charge in [0.25, 0.3) is 17.4 Å². The summed E-state index contributed by atoms with van der Waals surface area (Å²) in [6.07, 6.45) is -1.10. The SMILES string of the molecule is COC(=O)c1ccc(Cl)c(NC(=O)C(c2nc3ccccc3c(=O)n2-c2ccccc2)N2C(=O)OC(C)(C)C2=O)c1. The molecule has 0 aliphatic carbocycles. The molecule has 208 valence electrons. The molecule has 4 aromatic rings. The molecule has 1 aliphatic rings. The van der Waals surface area contributed by atoms with Crippen LogP contribution in [0.3, 0.4) is 0 Å². The Morgan fingerprint density at radius 3 is 2.34 bits per heavy atom. The van der Waals surface area contributed by atoms with Crippen LogP contribution in [-0.4, -0.2) is 51.0 Å². The number of anilines is 1. The molecule has 1 fully saturated rings. The lowest BCUT2D eigenvalue weighted by molar-refractivity contribution is -0.139. The van der Waals surface area contributed by atoms with Gasteiger partial charge in [-0.1, -0.05) is 41.9 Å². The second-order valence-corrected chi connectivity index (χ2v) is 10.0. The van der Waals surface area contributed by atoms with Gasteiger partial charge in [-0.2, -0.15) is 0 Å². The van der Waals surface area contributed by atoms with E-state index in [4.69, 9.17) is 21.1 Å². The van der Waals surface area contributed by atoms with E-state index in [0.29, 0.717) is 10.6 Å². The average Bonchev–Trinajstić information content (AvgIpc) is 3.16. The number of carbonyl (C=O) groups excluding carboxylic acids is 4. The van der Waals surface area contributed by atoms with E-state index in [9.17, 15) is 24.0 Å². The molecule has 3 aromatic carbocycles. The van der Waals surface area contributed by atoms with Crippen molar-refractivity contribution in [2.45, 2.75) is 25.5 Å². The van der Waals surface area contributed by atoms with E-state index in [-0.39, 0.29) is 33.0 Å². The maximum Gasteiger partial charge on any atom is 0.418 e. The molecule has 5 rings (SSSR count). The van der Waals surface area contributed by atoms with Gasteiger partial charge in [-0.15, -0.1) is 0 Å². The average molecular weight is 575 g/mol. The van der Waals surface area contributed by atoms with Gasteiger partial charge in [0.05, 0.1) is 40.0 Å². The Kier molecular flexibility index (Phi) is 7.06. The summed E-state index contributed by atoms with van der Waals surface area (Å²) in [5.41, 5.74) is -1.45. The largest absolute Gasteiger partial charge is 0.465 e. The number of rotatable bonds is 6. The minimum atomic E-state index is -1.79. The number of benzene rings is 3. The Hall–Kier alpha value is -5.03. The van der Waals surface area contributed by atoms with Crippen LogP contribution in [0.2, 0.25) is 5.02 Å². The molecular weight excluding hydrogens is 552 g/mol. The van der Waals surface area contributed by atoms with Gasteiger partial charge in [-0.3, -0.25) is 19.0 Å². The zero-order chi connectivity index (χ0) is 29.5. The van der Waals surface area contributed by atoms with E-state index in [0.717, 1.165) is 0 Å². The highest BCUT2D eigenvalue weighted by molar-refractivity contribution is 6.34. The van der Waals surface area contributed by atoms with E-state index in [1.165, 1.54) is 43.7 Å². The molecule has 1 saturated heterocycles. The van der Waals surface area contributed by atoms with Crippen LogP contribution >= 0.6 is 11.6 Å². The third kappa shape index (κ3) is 4.91. The van der Waals surface area contributed by atoms with Gasteiger partial charge in [0.1, 0.15) is 5.82 Å². The van der Waals surface area contributed by atoms with Crippen LogP contribution in [-0.2, 0) is 19.1 Å². The molecule has 1 aromatic heterocycles.